The molecule has 0 spiro atoms. The first-order chi connectivity index (χ1) is 8.56. The van der Waals surface area contributed by atoms with Gasteiger partial charge in [0.05, 0.1) is 5.37 Å². The Morgan fingerprint density at radius 3 is 2.78 bits per heavy atom. The van der Waals surface area contributed by atoms with Gasteiger partial charge in [0.15, 0.2) is 0 Å². The number of aliphatic carboxylic acids is 1. The first-order valence-corrected chi connectivity index (χ1v) is 7.48. The Hall–Kier alpha value is -0.650. The van der Waals surface area contributed by atoms with E-state index in [1.807, 2.05) is 0 Å². The Morgan fingerprint density at radius 2 is 2.22 bits per heavy atom. The minimum Gasteiger partial charge on any atom is -0.480 e. The molecule has 1 fully saturated rings. The molecule has 1 aliphatic heterocycles. The van der Waals surface area contributed by atoms with Crippen molar-refractivity contribution >= 4 is 30.4 Å². The van der Waals surface area contributed by atoms with E-state index in [0.717, 1.165) is 6.42 Å². The van der Waals surface area contributed by atoms with Gasteiger partial charge in [-0.15, -0.1) is 11.8 Å². The number of benzene rings is 1. The molecule has 18 heavy (non-hydrogen) atoms. The van der Waals surface area contributed by atoms with Crippen LogP contribution >= 0.6 is 24.4 Å². The summed E-state index contributed by atoms with van der Waals surface area (Å²) in [5.41, 5.74) is 2.42. The molecule has 0 saturated carbocycles. The second kappa shape index (κ2) is 5.99. The van der Waals surface area contributed by atoms with Crippen molar-refractivity contribution in [1.82, 2.24) is 5.32 Å². The molecule has 2 rings (SSSR count). The summed E-state index contributed by atoms with van der Waals surface area (Å²) >= 11 is 6.27. The quantitative estimate of drug-likeness (QED) is 0.743. The van der Waals surface area contributed by atoms with E-state index in [4.69, 9.17) is 5.11 Å². The van der Waals surface area contributed by atoms with Crippen molar-refractivity contribution in [2.75, 3.05) is 5.75 Å². The lowest BCUT2D eigenvalue weighted by Crippen LogP contribution is -2.36. The molecule has 98 valence electrons. The van der Waals surface area contributed by atoms with Crippen molar-refractivity contribution in [3.8, 4) is 0 Å². The molecule has 2 N–H and O–H groups in total. The molecule has 3 nitrogen and oxygen atoms in total. The predicted molar refractivity (Wildman–Crippen MR) is 78.3 cm³/mol. The van der Waals surface area contributed by atoms with Gasteiger partial charge in [0.1, 0.15) is 6.04 Å². The molecule has 1 aromatic rings. The van der Waals surface area contributed by atoms with Crippen LogP contribution in [0.1, 0.15) is 22.8 Å². The highest BCUT2D eigenvalue weighted by Gasteiger charge is 2.30. The summed E-state index contributed by atoms with van der Waals surface area (Å²) in [5, 5.41) is 12.4. The van der Waals surface area contributed by atoms with E-state index in [1.165, 1.54) is 11.1 Å². The summed E-state index contributed by atoms with van der Waals surface area (Å²) in [6.45, 7) is 2.06. The molecule has 0 radical (unpaired) electrons. The first-order valence-electron chi connectivity index (χ1n) is 5.91. The number of hydrogen-bond donors (Lipinski definition) is 3. The Labute approximate surface area is 117 Å². The third kappa shape index (κ3) is 3.43. The summed E-state index contributed by atoms with van der Waals surface area (Å²) in [5.74, 6) is -0.134. The molecule has 1 saturated heterocycles. The van der Waals surface area contributed by atoms with Crippen LogP contribution in [0, 0.1) is 6.92 Å². The Kier molecular flexibility index (Phi) is 4.59. The van der Waals surface area contributed by atoms with Crippen LogP contribution in [0.15, 0.2) is 24.3 Å². The van der Waals surface area contributed by atoms with Gasteiger partial charge in [-0.1, -0.05) is 29.8 Å². The lowest BCUT2D eigenvalue weighted by molar-refractivity contribution is -0.138. The van der Waals surface area contributed by atoms with Crippen molar-refractivity contribution in [1.29, 1.82) is 0 Å². The normalized spacial score (nSPS) is 25.0. The SMILES string of the molecule is Cc1ccc(C(S)CC2NC(C(=O)O)CS2)cc1. The van der Waals surface area contributed by atoms with Gasteiger partial charge >= 0.3 is 5.97 Å². The topological polar surface area (TPSA) is 49.3 Å². The van der Waals surface area contributed by atoms with Crippen molar-refractivity contribution in [2.24, 2.45) is 0 Å². The van der Waals surface area contributed by atoms with Gasteiger partial charge in [0, 0.05) is 11.0 Å². The third-order valence-corrected chi connectivity index (χ3v) is 4.81. The Bertz CT molecular complexity index is 422. The average Bonchev–Trinajstić information content (AvgIpc) is 2.78. The molecule has 0 amide bonds. The fraction of sp³-hybridized carbons (Fsp3) is 0.462. The molecule has 0 bridgehead atoms. The van der Waals surface area contributed by atoms with Crippen LogP contribution in [0.2, 0.25) is 0 Å². The number of carboxylic acids is 1. The van der Waals surface area contributed by atoms with E-state index >= 15 is 0 Å². The smallest absolute Gasteiger partial charge is 0.321 e. The molecular formula is C13H17NO2S2. The van der Waals surface area contributed by atoms with Crippen LogP contribution in [0.25, 0.3) is 0 Å². The first kappa shape index (κ1) is 13.8. The van der Waals surface area contributed by atoms with Crippen LogP contribution in [-0.2, 0) is 4.79 Å². The second-order valence-electron chi connectivity index (χ2n) is 4.54. The number of thiol groups is 1. The molecule has 0 aliphatic carbocycles. The maximum absolute atomic E-state index is 10.8. The fourth-order valence-electron chi connectivity index (χ4n) is 1.94. The zero-order chi connectivity index (χ0) is 13.1. The lowest BCUT2D eigenvalue weighted by Gasteiger charge is -2.16. The van der Waals surface area contributed by atoms with Gasteiger partial charge in [-0.05, 0) is 18.9 Å². The average molecular weight is 283 g/mol. The van der Waals surface area contributed by atoms with E-state index < -0.39 is 12.0 Å². The van der Waals surface area contributed by atoms with Gasteiger partial charge in [0.25, 0.3) is 0 Å². The molecule has 3 atom stereocenters. The number of nitrogens with one attached hydrogen (secondary N) is 1. The maximum atomic E-state index is 10.8. The molecule has 0 aromatic heterocycles. The lowest BCUT2D eigenvalue weighted by atomic mass is 10.1. The monoisotopic (exact) mass is 283 g/mol. The number of thioether (sulfide) groups is 1. The van der Waals surface area contributed by atoms with Gasteiger partial charge in [-0.2, -0.15) is 12.6 Å². The van der Waals surface area contributed by atoms with Crippen molar-refractivity contribution < 1.29 is 9.90 Å². The fourth-order valence-corrected chi connectivity index (χ4v) is 3.72. The van der Waals surface area contributed by atoms with Crippen LogP contribution in [0.5, 0.6) is 0 Å². The van der Waals surface area contributed by atoms with Gasteiger partial charge in [-0.3, -0.25) is 10.1 Å². The van der Waals surface area contributed by atoms with Crippen LogP contribution < -0.4 is 5.32 Å². The third-order valence-electron chi connectivity index (χ3n) is 3.05. The maximum Gasteiger partial charge on any atom is 0.321 e. The predicted octanol–water partition coefficient (Wildman–Crippen LogP) is 2.47. The van der Waals surface area contributed by atoms with E-state index in [9.17, 15) is 4.79 Å². The highest BCUT2D eigenvalue weighted by molar-refractivity contribution is 8.00. The van der Waals surface area contributed by atoms with Crippen LogP contribution in [0.3, 0.4) is 0 Å². The standard InChI is InChI=1S/C13H17NO2S2/c1-8-2-4-9(5-3-8)11(17)6-12-14-10(7-18-12)13(15)16/h2-5,10-12,14,17H,6-7H2,1H3,(H,15,16). The van der Waals surface area contributed by atoms with Gasteiger partial charge in [0.2, 0.25) is 0 Å². The highest BCUT2D eigenvalue weighted by Crippen LogP contribution is 2.31. The zero-order valence-electron chi connectivity index (χ0n) is 10.2. The summed E-state index contributed by atoms with van der Waals surface area (Å²) in [6, 6.07) is 7.91. The minimum absolute atomic E-state index is 0.142. The summed E-state index contributed by atoms with van der Waals surface area (Å²) in [6.07, 6.45) is 0.834. The van der Waals surface area contributed by atoms with Crippen molar-refractivity contribution in [3.63, 3.8) is 0 Å². The molecular weight excluding hydrogens is 266 g/mol. The molecule has 1 aromatic carbocycles. The largest absolute Gasteiger partial charge is 0.480 e. The highest BCUT2D eigenvalue weighted by atomic mass is 32.2. The minimum atomic E-state index is -0.768. The van der Waals surface area contributed by atoms with E-state index in [-0.39, 0.29) is 10.6 Å². The number of carbonyl (C=O) groups is 1. The van der Waals surface area contributed by atoms with Crippen LogP contribution in [0.4, 0.5) is 0 Å². The summed E-state index contributed by atoms with van der Waals surface area (Å²) in [7, 11) is 0. The molecule has 1 aliphatic rings. The number of rotatable bonds is 4. The zero-order valence-corrected chi connectivity index (χ0v) is 11.9. The van der Waals surface area contributed by atoms with E-state index in [2.05, 4.69) is 49.1 Å². The number of hydrogen-bond acceptors (Lipinski definition) is 4. The summed E-state index contributed by atoms with van der Waals surface area (Å²) < 4.78 is 0. The van der Waals surface area contributed by atoms with Crippen molar-refractivity contribution in [3.05, 3.63) is 35.4 Å². The Morgan fingerprint density at radius 1 is 1.56 bits per heavy atom. The molecule has 3 unspecified atom stereocenters. The van der Waals surface area contributed by atoms with Crippen molar-refractivity contribution in [2.45, 2.75) is 30.0 Å². The summed E-state index contributed by atoms with van der Waals surface area (Å²) in [4.78, 5) is 10.8. The Balaban J connectivity index is 1.90. The van der Waals surface area contributed by atoms with Crippen LogP contribution in [-0.4, -0.2) is 28.2 Å². The molecule has 1 heterocycles. The second-order valence-corrected chi connectivity index (χ2v) is 6.40. The van der Waals surface area contributed by atoms with E-state index in [1.54, 1.807) is 11.8 Å². The molecule has 5 heteroatoms. The number of aryl methyl sites for hydroxylation is 1. The van der Waals surface area contributed by atoms with E-state index in [0.29, 0.717) is 5.75 Å². The van der Waals surface area contributed by atoms with Gasteiger partial charge in [-0.25, -0.2) is 0 Å². The number of carboxylic acid groups (broad SMARTS) is 1. The van der Waals surface area contributed by atoms with Gasteiger partial charge < -0.3 is 5.11 Å².